The van der Waals surface area contributed by atoms with Crippen molar-refractivity contribution in [2.24, 2.45) is 0 Å². The smallest absolute Gasteiger partial charge is 0.123 e. The Morgan fingerprint density at radius 3 is 2.50 bits per heavy atom. The van der Waals surface area contributed by atoms with Gasteiger partial charge in [0.25, 0.3) is 0 Å². The van der Waals surface area contributed by atoms with E-state index in [1.54, 1.807) is 12.1 Å². The number of nitrogens with one attached hydrogen (secondary N) is 1. The van der Waals surface area contributed by atoms with Gasteiger partial charge in [-0.15, -0.1) is 0 Å². The Kier molecular flexibility index (Phi) is 4.59. The average Bonchev–Trinajstić information content (AvgIpc) is 2.34. The highest BCUT2D eigenvalue weighted by atomic mass is 19.1. The fraction of sp³-hybridized carbons (Fsp3) is 0.600. The fourth-order valence-electron chi connectivity index (χ4n) is 2.34. The zero-order valence-electron chi connectivity index (χ0n) is 11.0. The summed E-state index contributed by atoms with van der Waals surface area (Å²) in [6.45, 7) is 4.22. The lowest BCUT2D eigenvalue weighted by Gasteiger charge is -2.42. The molecule has 1 N–H and O–H groups in total. The summed E-state index contributed by atoms with van der Waals surface area (Å²) in [4.78, 5) is 0. The van der Waals surface area contributed by atoms with E-state index in [0.29, 0.717) is 0 Å². The molecule has 0 unspecified atom stereocenters. The molecular formula is C15H22FNO. The van der Waals surface area contributed by atoms with Crippen LogP contribution in [-0.4, -0.2) is 18.7 Å². The highest BCUT2D eigenvalue weighted by Gasteiger charge is 2.38. The standard InChI is InChI=1S/C15H22FNO/c1-2-11-17-12-10-15(8-3-9-15)18-14-6-4-13(16)5-7-14/h4-7,17H,2-3,8-12H2,1H3. The molecule has 0 radical (unpaired) electrons. The molecule has 2 rings (SSSR count). The lowest BCUT2D eigenvalue weighted by molar-refractivity contribution is -0.0142. The Morgan fingerprint density at radius 1 is 1.22 bits per heavy atom. The van der Waals surface area contributed by atoms with Gasteiger partial charge in [0.1, 0.15) is 17.2 Å². The molecule has 0 spiro atoms. The van der Waals surface area contributed by atoms with E-state index in [1.165, 1.54) is 18.6 Å². The zero-order chi connectivity index (χ0) is 12.8. The highest BCUT2D eigenvalue weighted by molar-refractivity contribution is 5.23. The Hall–Kier alpha value is -1.09. The molecule has 100 valence electrons. The van der Waals surface area contributed by atoms with Crippen LogP contribution in [0.4, 0.5) is 4.39 Å². The molecule has 0 saturated heterocycles. The van der Waals surface area contributed by atoms with Crippen LogP contribution in [0.5, 0.6) is 5.75 Å². The van der Waals surface area contributed by atoms with E-state index < -0.39 is 0 Å². The summed E-state index contributed by atoms with van der Waals surface area (Å²) < 4.78 is 18.9. The summed E-state index contributed by atoms with van der Waals surface area (Å²) in [6, 6.07) is 6.35. The van der Waals surface area contributed by atoms with Gasteiger partial charge in [0.05, 0.1) is 0 Å². The highest BCUT2D eigenvalue weighted by Crippen LogP contribution is 2.39. The van der Waals surface area contributed by atoms with Crippen molar-refractivity contribution in [3.8, 4) is 5.75 Å². The van der Waals surface area contributed by atoms with Gasteiger partial charge in [-0.3, -0.25) is 0 Å². The van der Waals surface area contributed by atoms with E-state index in [9.17, 15) is 4.39 Å². The molecule has 18 heavy (non-hydrogen) atoms. The van der Waals surface area contributed by atoms with E-state index in [0.717, 1.165) is 44.5 Å². The molecule has 0 atom stereocenters. The van der Waals surface area contributed by atoms with Gasteiger partial charge in [-0.05, 0) is 69.5 Å². The normalized spacial score (nSPS) is 17.2. The monoisotopic (exact) mass is 251 g/mol. The first-order chi connectivity index (χ1) is 8.74. The number of hydrogen-bond donors (Lipinski definition) is 1. The summed E-state index contributed by atoms with van der Waals surface area (Å²) in [5, 5.41) is 3.41. The molecule has 0 aliphatic heterocycles. The van der Waals surface area contributed by atoms with Crippen molar-refractivity contribution in [1.82, 2.24) is 5.32 Å². The van der Waals surface area contributed by atoms with Crippen molar-refractivity contribution >= 4 is 0 Å². The second-order valence-electron chi connectivity index (χ2n) is 5.09. The molecular weight excluding hydrogens is 229 g/mol. The van der Waals surface area contributed by atoms with Gasteiger partial charge in [-0.25, -0.2) is 4.39 Å². The molecule has 1 saturated carbocycles. The second-order valence-corrected chi connectivity index (χ2v) is 5.09. The maximum atomic E-state index is 12.8. The quantitative estimate of drug-likeness (QED) is 0.749. The molecule has 0 aromatic heterocycles. The summed E-state index contributed by atoms with van der Waals surface area (Å²) in [7, 11) is 0. The van der Waals surface area contributed by atoms with Crippen LogP contribution < -0.4 is 10.1 Å². The molecule has 0 amide bonds. The third kappa shape index (κ3) is 3.45. The molecule has 1 fully saturated rings. The number of rotatable bonds is 7. The van der Waals surface area contributed by atoms with Gasteiger partial charge < -0.3 is 10.1 Å². The molecule has 1 aliphatic carbocycles. The number of ether oxygens (including phenoxy) is 1. The van der Waals surface area contributed by atoms with Crippen molar-refractivity contribution in [3.63, 3.8) is 0 Å². The zero-order valence-corrected chi connectivity index (χ0v) is 11.0. The largest absolute Gasteiger partial charge is 0.487 e. The first-order valence-corrected chi connectivity index (χ1v) is 6.89. The van der Waals surface area contributed by atoms with Crippen LogP contribution in [0, 0.1) is 5.82 Å². The van der Waals surface area contributed by atoms with Crippen molar-refractivity contribution < 1.29 is 9.13 Å². The van der Waals surface area contributed by atoms with Gasteiger partial charge >= 0.3 is 0 Å². The van der Waals surface area contributed by atoms with Crippen LogP contribution in [0.1, 0.15) is 39.0 Å². The fourth-order valence-corrected chi connectivity index (χ4v) is 2.34. The van der Waals surface area contributed by atoms with E-state index in [1.807, 2.05) is 0 Å². The van der Waals surface area contributed by atoms with Gasteiger partial charge in [-0.2, -0.15) is 0 Å². The average molecular weight is 251 g/mol. The Labute approximate surface area is 109 Å². The molecule has 1 aromatic rings. The van der Waals surface area contributed by atoms with E-state index >= 15 is 0 Å². The summed E-state index contributed by atoms with van der Waals surface area (Å²) in [5.41, 5.74) is -0.0153. The lowest BCUT2D eigenvalue weighted by atomic mass is 9.77. The maximum absolute atomic E-state index is 12.8. The Bertz CT molecular complexity index is 359. The van der Waals surface area contributed by atoms with Crippen LogP contribution in [0.15, 0.2) is 24.3 Å². The summed E-state index contributed by atoms with van der Waals surface area (Å²) >= 11 is 0. The van der Waals surface area contributed by atoms with Crippen LogP contribution in [0.3, 0.4) is 0 Å². The third-order valence-corrected chi connectivity index (χ3v) is 3.60. The van der Waals surface area contributed by atoms with E-state index in [2.05, 4.69) is 12.2 Å². The Morgan fingerprint density at radius 2 is 1.94 bits per heavy atom. The first-order valence-electron chi connectivity index (χ1n) is 6.89. The topological polar surface area (TPSA) is 21.3 Å². The summed E-state index contributed by atoms with van der Waals surface area (Å²) in [5.74, 6) is 0.571. The number of hydrogen-bond acceptors (Lipinski definition) is 2. The molecule has 0 bridgehead atoms. The van der Waals surface area contributed by atoms with Crippen molar-refractivity contribution in [2.75, 3.05) is 13.1 Å². The molecule has 1 aromatic carbocycles. The molecule has 0 heterocycles. The maximum Gasteiger partial charge on any atom is 0.123 e. The van der Waals surface area contributed by atoms with E-state index in [-0.39, 0.29) is 11.4 Å². The number of benzene rings is 1. The van der Waals surface area contributed by atoms with Gasteiger partial charge in [0, 0.05) is 0 Å². The van der Waals surface area contributed by atoms with Gasteiger partial charge in [0.2, 0.25) is 0 Å². The van der Waals surface area contributed by atoms with Crippen LogP contribution in [0.25, 0.3) is 0 Å². The molecule has 3 heteroatoms. The minimum absolute atomic E-state index is 0.0153. The predicted molar refractivity (Wildman–Crippen MR) is 71.4 cm³/mol. The van der Waals surface area contributed by atoms with Crippen LogP contribution in [0.2, 0.25) is 0 Å². The lowest BCUT2D eigenvalue weighted by Crippen LogP contribution is -2.45. The van der Waals surface area contributed by atoms with Crippen molar-refractivity contribution in [1.29, 1.82) is 0 Å². The van der Waals surface area contributed by atoms with E-state index in [4.69, 9.17) is 4.74 Å². The minimum Gasteiger partial charge on any atom is -0.487 e. The van der Waals surface area contributed by atoms with Crippen LogP contribution in [-0.2, 0) is 0 Å². The summed E-state index contributed by atoms with van der Waals surface area (Å²) in [6.07, 6.45) is 5.64. The first kappa shape index (κ1) is 13.3. The van der Waals surface area contributed by atoms with Gasteiger partial charge in [-0.1, -0.05) is 6.92 Å². The SMILES string of the molecule is CCCNCCC1(Oc2ccc(F)cc2)CCC1. The molecule has 2 nitrogen and oxygen atoms in total. The third-order valence-electron chi connectivity index (χ3n) is 3.60. The van der Waals surface area contributed by atoms with Crippen molar-refractivity contribution in [2.45, 2.75) is 44.6 Å². The van der Waals surface area contributed by atoms with Crippen molar-refractivity contribution in [3.05, 3.63) is 30.1 Å². The van der Waals surface area contributed by atoms with Gasteiger partial charge in [0.15, 0.2) is 0 Å². The predicted octanol–water partition coefficient (Wildman–Crippen LogP) is 3.52. The number of halogens is 1. The Balaban J connectivity index is 1.85. The minimum atomic E-state index is -0.213. The second kappa shape index (κ2) is 6.19. The van der Waals surface area contributed by atoms with Crippen LogP contribution >= 0.6 is 0 Å². The molecule has 1 aliphatic rings.